The average Bonchev–Trinajstić information content (AvgIpc) is 3.16. The van der Waals surface area contributed by atoms with Gasteiger partial charge in [0.2, 0.25) is 9.84 Å². The van der Waals surface area contributed by atoms with Crippen LogP contribution in [0.1, 0.15) is 12.0 Å². The number of ether oxygens (including phenoxy) is 1. The highest BCUT2D eigenvalue weighted by molar-refractivity contribution is 7.93. The van der Waals surface area contributed by atoms with Gasteiger partial charge >= 0.3 is 0 Å². The fourth-order valence-electron chi connectivity index (χ4n) is 2.37. The summed E-state index contributed by atoms with van der Waals surface area (Å²) in [4.78, 5) is 8.49. The number of anilines is 1. The highest BCUT2D eigenvalue weighted by Crippen LogP contribution is 2.29. The number of nitrogens with zero attached hydrogens (tertiary/aromatic N) is 2. The van der Waals surface area contributed by atoms with Crippen LogP contribution in [0, 0.1) is 0 Å². The Balaban J connectivity index is 1.59. The number of thiazole rings is 1. The lowest BCUT2D eigenvalue weighted by atomic mass is 10.2. The standard InChI is InChI=1S/C18H19N3O3S2/c1-24-15-6-8-16(9-7-15)26(22,23)17-13-21-18(25-17)20-11-3-5-14-4-2-10-19-12-14/h2,4,6-10,12-13H,3,5,11H2,1H3,(H,20,21). The van der Waals surface area contributed by atoms with Crippen molar-refractivity contribution in [3.63, 3.8) is 0 Å². The van der Waals surface area contributed by atoms with Gasteiger partial charge in [0, 0.05) is 18.9 Å². The molecule has 8 heteroatoms. The molecule has 1 N–H and O–H groups in total. The molecule has 3 aromatic rings. The van der Waals surface area contributed by atoms with Crippen LogP contribution in [0.25, 0.3) is 0 Å². The second-order valence-electron chi connectivity index (χ2n) is 5.56. The monoisotopic (exact) mass is 389 g/mol. The molecule has 0 atom stereocenters. The van der Waals surface area contributed by atoms with Crippen LogP contribution < -0.4 is 10.1 Å². The zero-order valence-electron chi connectivity index (χ0n) is 14.3. The first kappa shape index (κ1) is 18.3. The van der Waals surface area contributed by atoms with Crippen LogP contribution in [0.4, 0.5) is 5.13 Å². The third-order valence-corrected chi connectivity index (χ3v) is 6.95. The minimum atomic E-state index is -3.56. The summed E-state index contributed by atoms with van der Waals surface area (Å²) in [6, 6.07) is 10.3. The molecule has 0 saturated carbocycles. The van der Waals surface area contributed by atoms with Gasteiger partial charge in [0.25, 0.3) is 0 Å². The van der Waals surface area contributed by atoms with Gasteiger partial charge in [-0.2, -0.15) is 0 Å². The van der Waals surface area contributed by atoms with Crippen LogP contribution in [0.5, 0.6) is 5.75 Å². The lowest BCUT2D eigenvalue weighted by Gasteiger charge is -2.04. The summed E-state index contributed by atoms with van der Waals surface area (Å²) in [5.41, 5.74) is 1.18. The number of aromatic nitrogens is 2. The molecule has 0 bridgehead atoms. The molecule has 1 aromatic carbocycles. The maximum atomic E-state index is 12.7. The Hall–Kier alpha value is -2.45. The predicted octanol–water partition coefficient (Wildman–Crippen LogP) is 3.42. The molecular formula is C18H19N3O3S2. The second kappa shape index (κ2) is 8.29. The number of aryl methyl sites for hydroxylation is 1. The normalized spacial score (nSPS) is 11.3. The van der Waals surface area contributed by atoms with E-state index in [0.29, 0.717) is 17.4 Å². The molecule has 0 aliphatic carbocycles. The van der Waals surface area contributed by atoms with Gasteiger partial charge in [-0.05, 0) is 48.7 Å². The summed E-state index contributed by atoms with van der Waals surface area (Å²) in [6.07, 6.45) is 6.81. The summed E-state index contributed by atoms with van der Waals surface area (Å²) in [6.45, 7) is 0.713. The Bertz CT molecular complexity index is 939. The molecule has 0 radical (unpaired) electrons. The molecule has 0 saturated heterocycles. The number of pyridine rings is 1. The molecule has 0 unspecified atom stereocenters. The zero-order valence-corrected chi connectivity index (χ0v) is 15.9. The molecule has 0 aliphatic heterocycles. The van der Waals surface area contributed by atoms with Crippen LogP contribution >= 0.6 is 11.3 Å². The fourth-order valence-corrected chi connectivity index (χ4v) is 4.83. The number of hydrogen-bond acceptors (Lipinski definition) is 7. The lowest BCUT2D eigenvalue weighted by molar-refractivity contribution is 0.414. The highest BCUT2D eigenvalue weighted by atomic mass is 32.2. The highest BCUT2D eigenvalue weighted by Gasteiger charge is 2.21. The summed E-state index contributed by atoms with van der Waals surface area (Å²) < 4.78 is 30.6. The smallest absolute Gasteiger partial charge is 0.217 e. The van der Waals surface area contributed by atoms with Crippen LogP contribution in [0.3, 0.4) is 0 Å². The summed E-state index contributed by atoms with van der Waals surface area (Å²) in [5.74, 6) is 0.615. The molecule has 3 rings (SSSR count). The second-order valence-corrected chi connectivity index (χ2v) is 8.76. The Kier molecular flexibility index (Phi) is 5.85. The van der Waals surface area contributed by atoms with Crippen molar-refractivity contribution in [3.05, 3.63) is 60.6 Å². The van der Waals surface area contributed by atoms with Crippen molar-refractivity contribution in [1.82, 2.24) is 9.97 Å². The van der Waals surface area contributed by atoms with E-state index >= 15 is 0 Å². The maximum absolute atomic E-state index is 12.7. The van der Waals surface area contributed by atoms with E-state index in [9.17, 15) is 8.42 Å². The van der Waals surface area contributed by atoms with E-state index in [1.165, 1.54) is 23.9 Å². The summed E-state index contributed by atoms with van der Waals surface area (Å²) in [5, 5.41) is 3.78. The molecule has 2 heterocycles. The summed E-state index contributed by atoms with van der Waals surface area (Å²) in [7, 11) is -2.02. The van der Waals surface area contributed by atoms with Gasteiger partial charge in [-0.3, -0.25) is 4.98 Å². The van der Waals surface area contributed by atoms with E-state index in [2.05, 4.69) is 15.3 Å². The number of benzene rings is 1. The van der Waals surface area contributed by atoms with Crippen molar-refractivity contribution in [2.75, 3.05) is 19.0 Å². The first-order chi connectivity index (χ1) is 12.6. The number of hydrogen-bond donors (Lipinski definition) is 1. The molecule has 6 nitrogen and oxygen atoms in total. The van der Waals surface area contributed by atoms with Crippen molar-refractivity contribution < 1.29 is 13.2 Å². The topological polar surface area (TPSA) is 81.2 Å². The van der Waals surface area contributed by atoms with Gasteiger partial charge in [-0.1, -0.05) is 17.4 Å². The van der Waals surface area contributed by atoms with E-state index in [1.54, 1.807) is 25.4 Å². The molecule has 0 spiro atoms. The van der Waals surface area contributed by atoms with E-state index in [0.717, 1.165) is 24.2 Å². The predicted molar refractivity (Wildman–Crippen MR) is 102 cm³/mol. The fraction of sp³-hybridized carbons (Fsp3) is 0.222. The maximum Gasteiger partial charge on any atom is 0.217 e. The third-order valence-electron chi connectivity index (χ3n) is 3.76. The van der Waals surface area contributed by atoms with Gasteiger partial charge < -0.3 is 10.1 Å². The van der Waals surface area contributed by atoms with Crippen molar-refractivity contribution in [3.8, 4) is 5.75 Å². The molecule has 0 amide bonds. The van der Waals surface area contributed by atoms with Crippen molar-refractivity contribution >= 4 is 26.3 Å². The van der Waals surface area contributed by atoms with Gasteiger partial charge in [0.05, 0.1) is 18.2 Å². The van der Waals surface area contributed by atoms with Gasteiger partial charge in [-0.15, -0.1) is 0 Å². The number of sulfone groups is 1. The minimum absolute atomic E-state index is 0.220. The molecule has 0 aliphatic rings. The molecule has 2 aromatic heterocycles. The molecule has 136 valence electrons. The van der Waals surface area contributed by atoms with E-state index < -0.39 is 9.84 Å². The Morgan fingerprint density at radius 3 is 2.65 bits per heavy atom. The van der Waals surface area contributed by atoms with Crippen LogP contribution in [-0.4, -0.2) is 32.0 Å². The zero-order chi connectivity index (χ0) is 18.4. The number of nitrogens with one attached hydrogen (secondary N) is 1. The lowest BCUT2D eigenvalue weighted by Crippen LogP contribution is -2.02. The largest absolute Gasteiger partial charge is 0.497 e. The van der Waals surface area contributed by atoms with Gasteiger partial charge in [0.15, 0.2) is 5.13 Å². The van der Waals surface area contributed by atoms with Crippen molar-refractivity contribution in [2.45, 2.75) is 21.9 Å². The van der Waals surface area contributed by atoms with Crippen molar-refractivity contribution in [1.29, 1.82) is 0 Å². The van der Waals surface area contributed by atoms with Crippen molar-refractivity contribution in [2.24, 2.45) is 0 Å². The minimum Gasteiger partial charge on any atom is -0.497 e. The third kappa shape index (κ3) is 4.39. The van der Waals surface area contributed by atoms with Crippen LogP contribution in [0.2, 0.25) is 0 Å². The average molecular weight is 390 g/mol. The Morgan fingerprint density at radius 2 is 1.96 bits per heavy atom. The van der Waals surface area contributed by atoms with Crippen LogP contribution in [0.15, 0.2) is 64.1 Å². The summed E-state index contributed by atoms with van der Waals surface area (Å²) >= 11 is 1.14. The molecular weight excluding hydrogens is 370 g/mol. The Labute approximate surface area is 156 Å². The number of methoxy groups -OCH3 is 1. The van der Waals surface area contributed by atoms with E-state index in [1.807, 2.05) is 18.3 Å². The van der Waals surface area contributed by atoms with Gasteiger partial charge in [-0.25, -0.2) is 13.4 Å². The van der Waals surface area contributed by atoms with Crippen LogP contribution in [-0.2, 0) is 16.3 Å². The van der Waals surface area contributed by atoms with Gasteiger partial charge in [0.1, 0.15) is 9.96 Å². The SMILES string of the molecule is COc1ccc(S(=O)(=O)c2cnc(NCCCc3cccnc3)s2)cc1. The van der Waals surface area contributed by atoms with E-state index in [-0.39, 0.29) is 9.10 Å². The Morgan fingerprint density at radius 1 is 1.15 bits per heavy atom. The quantitative estimate of drug-likeness (QED) is 0.595. The first-order valence-electron chi connectivity index (χ1n) is 8.07. The first-order valence-corrected chi connectivity index (χ1v) is 10.4. The molecule has 26 heavy (non-hydrogen) atoms. The number of rotatable bonds is 8. The molecule has 0 fully saturated rings. The van der Waals surface area contributed by atoms with E-state index in [4.69, 9.17) is 4.74 Å².